The van der Waals surface area contributed by atoms with Crippen molar-refractivity contribution in [2.45, 2.75) is 44.4 Å². The highest BCUT2D eigenvalue weighted by Gasteiger charge is 2.51. The molecule has 0 fully saturated rings. The fourth-order valence-corrected chi connectivity index (χ4v) is 4.60. The summed E-state index contributed by atoms with van der Waals surface area (Å²) in [6, 6.07) is 10.1. The van der Waals surface area contributed by atoms with E-state index in [0.717, 1.165) is 10.4 Å². The summed E-state index contributed by atoms with van der Waals surface area (Å²) in [5.41, 5.74) is -2.22. The quantitative estimate of drug-likeness (QED) is 0.813. The summed E-state index contributed by atoms with van der Waals surface area (Å²) in [7, 11) is -3.89. The van der Waals surface area contributed by atoms with Gasteiger partial charge in [-0.25, -0.2) is 8.42 Å². The van der Waals surface area contributed by atoms with Gasteiger partial charge in [0.1, 0.15) is 0 Å². The highest BCUT2D eigenvalue weighted by atomic mass is 32.2. The van der Waals surface area contributed by atoms with Crippen molar-refractivity contribution in [2.24, 2.45) is 0 Å². The Hall–Kier alpha value is -2.06. The predicted molar refractivity (Wildman–Crippen MR) is 98.2 cm³/mol. The minimum atomic E-state index is -4.85. The number of aryl methyl sites for hydroxylation is 2. The number of benzene rings is 2. The number of anilines is 1. The van der Waals surface area contributed by atoms with Crippen molar-refractivity contribution in [3.63, 3.8) is 0 Å². The van der Waals surface area contributed by atoms with Gasteiger partial charge in [-0.15, -0.1) is 0 Å². The van der Waals surface area contributed by atoms with E-state index in [9.17, 15) is 26.7 Å². The fourth-order valence-electron chi connectivity index (χ4n) is 2.84. The second-order valence-corrected chi connectivity index (χ2v) is 8.34. The molecule has 2 rings (SSSR count). The van der Waals surface area contributed by atoms with Gasteiger partial charge in [-0.1, -0.05) is 30.3 Å². The van der Waals surface area contributed by atoms with E-state index < -0.39 is 21.8 Å². The zero-order valence-corrected chi connectivity index (χ0v) is 16.3. The minimum Gasteiger partial charge on any atom is -0.376 e. The number of halogens is 3. The number of hydrogen-bond acceptors (Lipinski definition) is 3. The number of alkyl halides is 3. The lowest BCUT2D eigenvalue weighted by molar-refractivity contribution is -0.258. The van der Waals surface area contributed by atoms with Crippen molar-refractivity contribution < 1.29 is 26.7 Å². The molecule has 0 aliphatic rings. The van der Waals surface area contributed by atoms with Gasteiger partial charge in [-0.2, -0.15) is 13.2 Å². The molecule has 148 valence electrons. The van der Waals surface area contributed by atoms with Crippen LogP contribution in [0.5, 0.6) is 0 Å². The third-order valence-electron chi connectivity index (χ3n) is 4.53. The van der Waals surface area contributed by atoms with Gasteiger partial charge in [0.15, 0.2) is 5.60 Å². The monoisotopic (exact) mass is 401 g/mol. The maximum atomic E-state index is 13.1. The van der Waals surface area contributed by atoms with Crippen LogP contribution in [0.15, 0.2) is 47.4 Å². The Labute approximate surface area is 157 Å². The van der Waals surface area contributed by atoms with Gasteiger partial charge < -0.3 is 5.11 Å². The lowest BCUT2D eigenvalue weighted by Gasteiger charge is -2.29. The summed E-state index contributed by atoms with van der Waals surface area (Å²) in [6.07, 6.45) is -4.85. The minimum absolute atomic E-state index is 0.104. The molecule has 8 heteroatoms. The van der Waals surface area contributed by atoms with E-state index in [1.807, 2.05) is 0 Å². The van der Waals surface area contributed by atoms with Crippen molar-refractivity contribution in [1.82, 2.24) is 0 Å². The van der Waals surface area contributed by atoms with Crippen LogP contribution in [0.4, 0.5) is 18.9 Å². The molecule has 0 aromatic heterocycles. The number of nitrogens with zero attached hydrogens (tertiary/aromatic N) is 1. The smallest absolute Gasteiger partial charge is 0.376 e. The number of sulfonamides is 1. The second kappa shape index (κ2) is 7.16. The standard InChI is InChI=1S/C19H22F3NO3S/c1-5-23(27(25,26)17-9-7-6-8-13(17)2)16-11-10-15(12-14(16)3)18(4,24)19(20,21)22/h6-12,24H,5H2,1-4H3. The van der Waals surface area contributed by atoms with Crippen LogP contribution in [0.3, 0.4) is 0 Å². The maximum absolute atomic E-state index is 13.1. The third-order valence-corrected chi connectivity index (χ3v) is 6.58. The highest BCUT2D eigenvalue weighted by molar-refractivity contribution is 7.92. The van der Waals surface area contributed by atoms with E-state index in [4.69, 9.17) is 0 Å². The van der Waals surface area contributed by atoms with E-state index in [1.165, 1.54) is 25.1 Å². The first-order valence-electron chi connectivity index (χ1n) is 8.32. The molecule has 0 saturated carbocycles. The van der Waals surface area contributed by atoms with Crippen LogP contribution in [0.2, 0.25) is 0 Å². The maximum Gasteiger partial charge on any atom is 0.421 e. The van der Waals surface area contributed by atoms with Gasteiger partial charge in [-0.3, -0.25) is 4.31 Å². The SMILES string of the molecule is CCN(c1ccc(C(C)(O)C(F)(F)F)cc1C)S(=O)(=O)c1ccccc1C. The third kappa shape index (κ3) is 3.82. The Morgan fingerprint density at radius 2 is 1.63 bits per heavy atom. The van der Waals surface area contributed by atoms with E-state index in [0.29, 0.717) is 18.1 Å². The Bertz CT molecular complexity index is 937. The van der Waals surface area contributed by atoms with Crippen molar-refractivity contribution in [1.29, 1.82) is 0 Å². The lowest BCUT2D eigenvalue weighted by atomic mass is 9.93. The van der Waals surface area contributed by atoms with Crippen LogP contribution in [-0.2, 0) is 15.6 Å². The summed E-state index contributed by atoms with van der Waals surface area (Å²) in [4.78, 5) is 0.137. The Balaban J connectivity index is 2.55. The summed E-state index contributed by atoms with van der Waals surface area (Å²) in [6.45, 7) is 5.61. The lowest BCUT2D eigenvalue weighted by Crippen LogP contribution is -2.39. The van der Waals surface area contributed by atoms with Gasteiger partial charge in [0.2, 0.25) is 0 Å². The van der Waals surface area contributed by atoms with Gasteiger partial charge in [0.05, 0.1) is 10.6 Å². The van der Waals surface area contributed by atoms with Crippen LogP contribution in [-0.4, -0.2) is 26.2 Å². The largest absolute Gasteiger partial charge is 0.421 e. The van der Waals surface area contributed by atoms with Crippen LogP contribution in [0, 0.1) is 13.8 Å². The molecule has 0 heterocycles. The fraction of sp³-hybridized carbons (Fsp3) is 0.368. The van der Waals surface area contributed by atoms with E-state index in [2.05, 4.69) is 0 Å². The molecule has 0 bridgehead atoms. The number of hydrogen-bond donors (Lipinski definition) is 1. The van der Waals surface area contributed by atoms with Crippen LogP contribution in [0.1, 0.15) is 30.5 Å². The molecule has 0 aliphatic heterocycles. The van der Waals surface area contributed by atoms with Gasteiger partial charge in [-0.05, 0) is 56.5 Å². The molecule has 0 spiro atoms. The van der Waals surface area contributed by atoms with Crippen molar-refractivity contribution in [3.05, 3.63) is 59.2 Å². The summed E-state index contributed by atoms with van der Waals surface area (Å²) in [5, 5.41) is 9.85. The molecule has 2 aromatic carbocycles. The second-order valence-electron chi connectivity index (χ2n) is 6.51. The summed E-state index contributed by atoms with van der Waals surface area (Å²) < 4.78 is 66.5. The van der Waals surface area contributed by atoms with E-state index in [-0.39, 0.29) is 22.7 Å². The highest BCUT2D eigenvalue weighted by Crippen LogP contribution is 2.40. The number of aliphatic hydroxyl groups is 1. The summed E-state index contributed by atoms with van der Waals surface area (Å²) >= 11 is 0. The molecular weight excluding hydrogens is 379 g/mol. The van der Waals surface area contributed by atoms with Gasteiger partial charge in [0.25, 0.3) is 10.0 Å². The molecule has 1 unspecified atom stereocenters. The van der Waals surface area contributed by atoms with Crippen LogP contribution in [0.25, 0.3) is 0 Å². The van der Waals surface area contributed by atoms with Gasteiger partial charge in [0, 0.05) is 6.54 Å². The van der Waals surface area contributed by atoms with Crippen molar-refractivity contribution in [3.8, 4) is 0 Å². The van der Waals surface area contributed by atoms with Crippen LogP contribution < -0.4 is 4.31 Å². The first kappa shape index (κ1) is 21.2. The zero-order valence-electron chi connectivity index (χ0n) is 15.5. The molecule has 1 atom stereocenters. The molecule has 2 aromatic rings. The Morgan fingerprint density at radius 3 is 2.11 bits per heavy atom. The predicted octanol–water partition coefficient (Wildman–Crippen LogP) is 4.29. The number of rotatable bonds is 5. The molecule has 27 heavy (non-hydrogen) atoms. The molecule has 4 nitrogen and oxygen atoms in total. The Kier molecular flexibility index (Phi) is 5.64. The first-order valence-corrected chi connectivity index (χ1v) is 9.76. The van der Waals surface area contributed by atoms with Crippen LogP contribution >= 0.6 is 0 Å². The average molecular weight is 401 g/mol. The molecule has 0 saturated heterocycles. The van der Waals surface area contributed by atoms with Crippen molar-refractivity contribution in [2.75, 3.05) is 10.8 Å². The zero-order chi connectivity index (χ0) is 20.6. The Morgan fingerprint density at radius 1 is 1.04 bits per heavy atom. The normalized spacial score (nSPS) is 14.7. The van der Waals surface area contributed by atoms with Crippen molar-refractivity contribution >= 4 is 15.7 Å². The first-order chi connectivity index (χ1) is 12.3. The van der Waals surface area contributed by atoms with E-state index >= 15 is 0 Å². The molecule has 0 amide bonds. The van der Waals surface area contributed by atoms with E-state index in [1.54, 1.807) is 32.0 Å². The van der Waals surface area contributed by atoms with Gasteiger partial charge >= 0.3 is 6.18 Å². The average Bonchev–Trinajstić information content (AvgIpc) is 2.55. The summed E-state index contributed by atoms with van der Waals surface area (Å²) in [5.74, 6) is 0. The molecule has 1 N–H and O–H groups in total. The molecular formula is C19H22F3NO3S. The topological polar surface area (TPSA) is 57.6 Å². The molecule has 0 radical (unpaired) electrons. The molecule has 0 aliphatic carbocycles.